The first-order valence-corrected chi connectivity index (χ1v) is 5.70. The van der Waals surface area contributed by atoms with Gasteiger partial charge in [0, 0.05) is 24.0 Å². The molecule has 3 heteroatoms. The molecule has 2 nitrogen and oxygen atoms in total. The largest absolute Gasteiger partial charge is 0.328 e. The predicted molar refractivity (Wildman–Crippen MR) is 55.8 cm³/mol. The molecule has 2 N–H and O–H groups in total. The summed E-state index contributed by atoms with van der Waals surface area (Å²) in [5.74, 6) is 0. The third kappa shape index (κ3) is 2.09. The highest BCUT2D eigenvalue weighted by Gasteiger charge is 2.33. The molecule has 1 aromatic heterocycles. The number of nitrogens with two attached hydrogens (primary N) is 1. The van der Waals surface area contributed by atoms with Crippen LogP contribution in [0.15, 0.2) is 11.6 Å². The summed E-state index contributed by atoms with van der Waals surface area (Å²) in [4.78, 5) is 4.33. The van der Waals surface area contributed by atoms with E-state index in [-0.39, 0.29) is 0 Å². The third-order valence-corrected chi connectivity index (χ3v) is 3.71. The number of rotatable bonds is 2. The Bertz CT molecular complexity index is 270. The zero-order valence-corrected chi connectivity index (χ0v) is 8.81. The molecule has 0 aliphatic heterocycles. The molecule has 0 bridgehead atoms. The molecule has 2 unspecified atom stereocenters. The molecule has 1 fully saturated rings. The molecule has 1 heterocycles. The van der Waals surface area contributed by atoms with Crippen molar-refractivity contribution in [3.8, 4) is 0 Å². The Morgan fingerprint density at radius 3 is 3.15 bits per heavy atom. The van der Waals surface area contributed by atoms with Crippen molar-refractivity contribution in [2.75, 3.05) is 0 Å². The monoisotopic (exact) mass is 196 g/mol. The van der Waals surface area contributed by atoms with Gasteiger partial charge in [0.05, 0.1) is 5.01 Å². The van der Waals surface area contributed by atoms with E-state index in [1.54, 1.807) is 11.3 Å². The highest BCUT2D eigenvalue weighted by molar-refractivity contribution is 7.09. The zero-order chi connectivity index (χ0) is 9.31. The van der Waals surface area contributed by atoms with Gasteiger partial charge in [-0.3, -0.25) is 0 Å². The van der Waals surface area contributed by atoms with E-state index >= 15 is 0 Å². The number of hydrogen-bond donors (Lipinski definition) is 1. The van der Waals surface area contributed by atoms with Crippen LogP contribution in [0, 0.1) is 5.41 Å². The minimum atomic E-state index is 0.414. The van der Waals surface area contributed by atoms with E-state index in [0.29, 0.717) is 11.5 Å². The SMILES string of the molecule is CC1(Cc2nccs2)CCC(N)C1. The lowest BCUT2D eigenvalue weighted by Gasteiger charge is -2.21. The number of thiazole rings is 1. The minimum absolute atomic E-state index is 0.414. The standard InChI is InChI=1S/C10H16N2S/c1-10(3-2-8(11)6-10)7-9-12-4-5-13-9/h4-5,8H,2-3,6-7,11H2,1H3. The molecule has 0 spiro atoms. The second-order valence-electron chi connectivity index (χ2n) is 4.42. The lowest BCUT2D eigenvalue weighted by Crippen LogP contribution is -2.20. The van der Waals surface area contributed by atoms with Crippen LogP contribution < -0.4 is 5.73 Å². The minimum Gasteiger partial charge on any atom is -0.328 e. The molecule has 0 radical (unpaired) electrons. The molecule has 1 saturated carbocycles. The normalized spacial score (nSPS) is 33.8. The van der Waals surface area contributed by atoms with Crippen molar-refractivity contribution in [3.05, 3.63) is 16.6 Å². The maximum atomic E-state index is 5.92. The van der Waals surface area contributed by atoms with Gasteiger partial charge in [0.25, 0.3) is 0 Å². The van der Waals surface area contributed by atoms with Crippen molar-refractivity contribution >= 4 is 11.3 Å². The molecular formula is C10H16N2S. The van der Waals surface area contributed by atoms with Crippen molar-refractivity contribution in [2.45, 2.75) is 38.6 Å². The molecule has 1 aliphatic rings. The lowest BCUT2D eigenvalue weighted by atomic mass is 9.85. The van der Waals surface area contributed by atoms with Crippen LogP contribution in [-0.2, 0) is 6.42 Å². The molecular weight excluding hydrogens is 180 g/mol. The van der Waals surface area contributed by atoms with Crippen molar-refractivity contribution in [1.82, 2.24) is 4.98 Å². The van der Waals surface area contributed by atoms with Gasteiger partial charge in [0.15, 0.2) is 0 Å². The second-order valence-corrected chi connectivity index (χ2v) is 5.40. The molecule has 0 aromatic carbocycles. The molecule has 2 atom stereocenters. The number of aromatic nitrogens is 1. The Balaban J connectivity index is 2.01. The summed E-state index contributed by atoms with van der Waals surface area (Å²) in [5, 5.41) is 3.31. The van der Waals surface area contributed by atoms with Gasteiger partial charge in [-0.25, -0.2) is 4.98 Å². The summed E-state index contributed by atoms with van der Waals surface area (Å²) in [5.41, 5.74) is 6.34. The first-order chi connectivity index (χ1) is 6.18. The van der Waals surface area contributed by atoms with E-state index in [1.807, 2.05) is 11.6 Å². The Kier molecular flexibility index (Phi) is 2.39. The van der Waals surface area contributed by atoms with Gasteiger partial charge in [0.1, 0.15) is 0 Å². The Morgan fingerprint density at radius 1 is 1.77 bits per heavy atom. The summed E-state index contributed by atoms with van der Waals surface area (Å²) in [6.07, 6.45) is 6.60. The van der Waals surface area contributed by atoms with E-state index in [4.69, 9.17) is 5.73 Å². The van der Waals surface area contributed by atoms with Gasteiger partial charge in [-0.15, -0.1) is 11.3 Å². The molecule has 1 aliphatic carbocycles. The summed E-state index contributed by atoms with van der Waals surface area (Å²) in [7, 11) is 0. The first-order valence-electron chi connectivity index (χ1n) is 4.82. The molecule has 13 heavy (non-hydrogen) atoms. The fraction of sp³-hybridized carbons (Fsp3) is 0.700. The maximum Gasteiger partial charge on any atom is 0.0930 e. The average Bonchev–Trinajstić information content (AvgIpc) is 2.62. The van der Waals surface area contributed by atoms with Crippen LogP contribution in [0.2, 0.25) is 0 Å². The van der Waals surface area contributed by atoms with Crippen molar-refractivity contribution in [1.29, 1.82) is 0 Å². The smallest absolute Gasteiger partial charge is 0.0930 e. The van der Waals surface area contributed by atoms with Gasteiger partial charge < -0.3 is 5.73 Å². The van der Waals surface area contributed by atoms with Gasteiger partial charge in [-0.05, 0) is 24.7 Å². The van der Waals surface area contributed by atoms with Crippen molar-refractivity contribution < 1.29 is 0 Å². The van der Waals surface area contributed by atoms with E-state index in [1.165, 1.54) is 17.8 Å². The van der Waals surface area contributed by atoms with Crippen LogP contribution in [0.4, 0.5) is 0 Å². The van der Waals surface area contributed by atoms with Crippen LogP contribution >= 0.6 is 11.3 Å². The van der Waals surface area contributed by atoms with Crippen LogP contribution in [0.25, 0.3) is 0 Å². The average molecular weight is 196 g/mol. The molecule has 0 amide bonds. The van der Waals surface area contributed by atoms with Crippen molar-refractivity contribution in [2.24, 2.45) is 11.1 Å². The quantitative estimate of drug-likeness (QED) is 0.787. The topological polar surface area (TPSA) is 38.9 Å². The molecule has 0 saturated heterocycles. The maximum absolute atomic E-state index is 5.92. The zero-order valence-electron chi connectivity index (χ0n) is 7.99. The lowest BCUT2D eigenvalue weighted by molar-refractivity contribution is 0.329. The van der Waals surface area contributed by atoms with Crippen LogP contribution in [-0.4, -0.2) is 11.0 Å². The van der Waals surface area contributed by atoms with E-state index in [9.17, 15) is 0 Å². The Hall–Kier alpha value is -0.410. The summed E-state index contributed by atoms with van der Waals surface area (Å²) in [6.45, 7) is 2.33. The fourth-order valence-corrected chi connectivity index (χ4v) is 3.07. The van der Waals surface area contributed by atoms with Crippen LogP contribution in [0.5, 0.6) is 0 Å². The van der Waals surface area contributed by atoms with Crippen LogP contribution in [0.1, 0.15) is 31.2 Å². The Morgan fingerprint density at radius 2 is 2.62 bits per heavy atom. The first kappa shape index (κ1) is 9.16. The van der Waals surface area contributed by atoms with Gasteiger partial charge in [-0.1, -0.05) is 6.92 Å². The summed E-state index contributed by atoms with van der Waals surface area (Å²) >= 11 is 1.76. The summed E-state index contributed by atoms with van der Waals surface area (Å²) < 4.78 is 0. The Labute approximate surface area is 83.2 Å². The molecule has 72 valence electrons. The molecule has 1 aromatic rings. The highest BCUT2D eigenvalue weighted by Crippen LogP contribution is 2.39. The van der Waals surface area contributed by atoms with E-state index in [2.05, 4.69) is 11.9 Å². The molecule has 2 rings (SSSR count). The van der Waals surface area contributed by atoms with Crippen LogP contribution in [0.3, 0.4) is 0 Å². The van der Waals surface area contributed by atoms with Gasteiger partial charge in [0.2, 0.25) is 0 Å². The van der Waals surface area contributed by atoms with Gasteiger partial charge in [-0.2, -0.15) is 0 Å². The fourth-order valence-electron chi connectivity index (χ4n) is 2.24. The second kappa shape index (κ2) is 3.39. The van der Waals surface area contributed by atoms with Gasteiger partial charge >= 0.3 is 0 Å². The number of hydrogen-bond acceptors (Lipinski definition) is 3. The third-order valence-electron chi connectivity index (χ3n) is 2.94. The highest BCUT2D eigenvalue weighted by atomic mass is 32.1. The van der Waals surface area contributed by atoms with E-state index < -0.39 is 0 Å². The van der Waals surface area contributed by atoms with Crippen molar-refractivity contribution in [3.63, 3.8) is 0 Å². The predicted octanol–water partition coefficient (Wildman–Crippen LogP) is 2.20. The summed E-state index contributed by atoms with van der Waals surface area (Å²) in [6, 6.07) is 0.421. The number of nitrogens with zero attached hydrogens (tertiary/aromatic N) is 1. The van der Waals surface area contributed by atoms with E-state index in [0.717, 1.165) is 12.8 Å².